The highest BCUT2D eigenvalue weighted by atomic mass is 19.1. The molecule has 3 aromatic rings. The van der Waals surface area contributed by atoms with E-state index >= 15 is 0 Å². The van der Waals surface area contributed by atoms with Crippen molar-refractivity contribution in [1.29, 1.82) is 0 Å². The van der Waals surface area contributed by atoms with Crippen LogP contribution in [0.3, 0.4) is 0 Å². The number of hydrogen-bond donors (Lipinski definition) is 4. The fraction of sp³-hybridized carbons (Fsp3) is 0. The number of hydrogen-bond acceptors (Lipinski definition) is 9. The molecular weight excluding hydrogens is 341 g/mol. The van der Waals surface area contributed by atoms with Gasteiger partial charge in [-0.2, -0.15) is 4.98 Å². The number of phenols is 4. The van der Waals surface area contributed by atoms with Gasteiger partial charge in [-0.1, -0.05) is 5.16 Å². The minimum atomic E-state index is -1.05. The quantitative estimate of drug-likeness (QED) is 0.315. The molecule has 11 heteroatoms. The number of aromatic nitrogens is 2. The molecule has 0 spiro atoms. The minimum absolute atomic E-state index is 0.0772. The van der Waals surface area contributed by atoms with Gasteiger partial charge in [-0.05, 0) is 18.2 Å². The molecule has 1 aromatic heterocycles. The number of phenolic OH excluding ortho intramolecular Hbond substituents is 4. The number of halogens is 1. The Bertz CT molecular complexity index is 1000. The largest absolute Gasteiger partial charge is 0.504 e. The first kappa shape index (κ1) is 16.0. The van der Waals surface area contributed by atoms with Crippen molar-refractivity contribution in [2.24, 2.45) is 0 Å². The summed E-state index contributed by atoms with van der Waals surface area (Å²) in [6.07, 6.45) is 0. The Morgan fingerprint density at radius 3 is 2.48 bits per heavy atom. The monoisotopic (exact) mass is 349 g/mol. The molecule has 0 aliphatic rings. The van der Waals surface area contributed by atoms with E-state index in [4.69, 9.17) is 4.52 Å². The predicted octanol–water partition coefficient (Wildman–Crippen LogP) is 2.27. The van der Waals surface area contributed by atoms with Gasteiger partial charge in [0.1, 0.15) is 0 Å². The standard InChI is InChI=1S/C14H8FN3O7/c15-7-2-1-6(10(20)11(7)21)13-16-14(25-17-13)5-3-8(18(23)24)12(22)9(19)4-5/h1-4,19-22H. The van der Waals surface area contributed by atoms with Crippen molar-refractivity contribution in [3.8, 4) is 45.8 Å². The molecule has 128 valence electrons. The molecule has 0 saturated carbocycles. The maximum atomic E-state index is 13.2. The van der Waals surface area contributed by atoms with Gasteiger partial charge in [-0.3, -0.25) is 10.1 Å². The minimum Gasteiger partial charge on any atom is -0.504 e. The molecular formula is C14H8FN3O7. The number of rotatable bonds is 3. The Morgan fingerprint density at radius 1 is 1.08 bits per heavy atom. The van der Waals surface area contributed by atoms with Gasteiger partial charge in [0.25, 0.3) is 5.89 Å². The van der Waals surface area contributed by atoms with Crippen LogP contribution in [0.15, 0.2) is 28.8 Å². The molecule has 0 atom stereocenters. The number of nitrogens with zero attached hydrogens (tertiary/aromatic N) is 3. The van der Waals surface area contributed by atoms with Gasteiger partial charge in [-0.15, -0.1) is 0 Å². The van der Waals surface area contributed by atoms with Crippen LogP contribution in [0.25, 0.3) is 22.8 Å². The van der Waals surface area contributed by atoms with E-state index in [-0.39, 0.29) is 22.8 Å². The first-order chi connectivity index (χ1) is 11.8. The van der Waals surface area contributed by atoms with Gasteiger partial charge in [-0.25, -0.2) is 4.39 Å². The Balaban J connectivity index is 2.09. The van der Waals surface area contributed by atoms with Crippen molar-refractivity contribution in [2.45, 2.75) is 0 Å². The summed E-state index contributed by atoms with van der Waals surface area (Å²) in [6, 6.07) is 3.82. The van der Waals surface area contributed by atoms with Crippen molar-refractivity contribution in [3.63, 3.8) is 0 Å². The summed E-state index contributed by atoms with van der Waals surface area (Å²) in [5, 5.41) is 52.5. The Morgan fingerprint density at radius 2 is 1.80 bits per heavy atom. The third-order valence-electron chi connectivity index (χ3n) is 3.28. The summed E-state index contributed by atoms with van der Waals surface area (Å²) in [7, 11) is 0. The van der Waals surface area contributed by atoms with Crippen molar-refractivity contribution in [1.82, 2.24) is 10.1 Å². The molecule has 1 heterocycles. The lowest BCUT2D eigenvalue weighted by molar-refractivity contribution is -0.385. The lowest BCUT2D eigenvalue weighted by atomic mass is 10.1. The maximum absolute atomic E-state index is 13.2. The fourth-order valence-electron chi connectivity index (χ4n) is 2.05. The average Bonchev–Trinajstić information content (AvgIpc) is 3.04. The van der Waals surface area contributed by atoms with Crippen molar-refractivity contribution >= 4 is 5.69 Å². The molecule has 0 fully saturated rings. The van der Waals surface area contributed by atoms with E-state index in [1.807, 2.05) is 0 Å². The molecule has 0 bridgehead atoms. The zero-order valence-corrected chi connectivity index (χ0v) is 12.0. The Hall–Kier alpha value is -3.89. The Labute approximate surface area is 137 Å². The van der Waals surface area contributed by atoms with E-state index in [1.165, 1.54) is 0 Å². The van der Waals surface area contributed by atoms with Crippen LogP contribution in [0.1, 0.15) is 0 Å². The van der Waals surface area contributed by atoms with E-state index in [1.54, 1.807) is 0 Å². The molecule has 0 radical (unpaired) electrons. The SMILES string of the molecule is O=[N+]([O-])c1cc(-c2nc(-c3ccc(F)c(O)c3O)no2)cc(O)c1O. The molecule has 2 aromatic carbocycles. The Kier molecular flexibility index (Phi) is 3.60. The molecule has 0 aliphatic carbocycles. The van der Waals surface area contributed by atoms with Gasteiger partial charge in [0, 0.05) is 6.07 Å². The van der Waals surface area contributed by atoms with E-state index < -0.39 is 39.4 Å². The highest BCUT2D eigenvalue weighted by Crippen LogP contribution is 2.40. The first-order valence-electron chi connectivity index (χ1n) is 6.55. The van der Waals surface area contributed by atoms with E-state index in [9.17, 15) is 34.9 Å². The number of aromatic hydroxyl groups is 4. The topological polar surface area (TPSA) is 163 Å². The van der Waals surface area contributed by atoms with Crippen LogP contribution < -0.4 is 0 Å². The molecule has 0 saturated heterocycles. The predicted molar refractivity (Wildman–Crippen MR) is 78.4 cm³/mol. The van der Waals surface area contributed by atoms with Gasteiger partial charge >= 0.3 is 5.69 Å². The second-order valence-corrected chi connectivity index (χ2v) is 4.84. The maximum Gasteiger partial charge on any atom is 0.315 e. The third kappa shape index (κ3) is 2.63. The van der Waals surface area contributed by atoms with Gasteiger partial charge < -0.3 is 24.9 Å². The summed E-state index contributed by atoms with van der Waals surface area (Å²) in [5.41, 5.74) is -1.00. The van der Waals surface area contributed by atoms with Gasteiger partial charge in [0.2, 0.25) is 11.6 Å². The lowest BCUT2D eigenvalue weighted by Gasteiger charge is -2.02. The summed E-state index contributed by atoms with van der Waals surface area (Å²) >= 11 is 0. The molecule has 0 aliphatic heterocycles. The highest BCUT2D eigenvalue weighted by molar-refractivity contribution is 5.71. The summed E-state index contributed by atoms with van der Waals surface area (Å²) in [4.78, 5) is 13.8. The molecule has 4 N–H and O–H groups in total. The number of benzene rings is 2. The smallest absolute Gasteiger partial charge is 0.315 e. The number of nitro benzene ring substituents is 1. The molecule has 0 amide bonds. The van der Waals surface area contributed by atoms with Crippen LogP contribution in [-0.2, 0) is 0 Å². The highest BCUT2D eigenvalue weighted by Gasteiger charge is 2.23. The van der Waals surface area contributed by atoms with Crippen LogP contribution in [0, 0.1) is 15.9 Å². The van der Waals surface area contributed by atoms with Crippen LogP contribution in [0.5, 0.6) is 23.0 Å². The van der Waals surface area contributed by atoms with E-state index in [2.05, 4.69) is 10.1 Å². The summed E-state index contributed by atoms with van der Waals surface area (Å²) in [6.45, 7) is 0. The molecule has 25 heavy (non-hydrogen) atoms. The van der Waals surface area contributed by atoms with Crippen molar-refractivity contribution in [3.05, 3.63) is 40.2 Å². The van der Waals surface area contributed by atoms with Crippen LogP contribution in [-0.4, -0.2) is 35.5 Å². The molecule has 3 rings (SSSR count). The zero-order chi connectivity index (χ0) is 18.3. The second-order valence-electron chi connectivity index (χ2n) is 4.84. The van der Waals surface area contributed by atoms with Crippen molar-refractivity contribution in [2.75, 3.05) is 0 Å². The lowest BCUT2D eigenvalue weighted by Crippen LogP contribution is -1.90. The van der Waals surface area contributed by atoms with Gasteiger partial charge in [0.15, 0.2) is 23.1 Å². The third-order valence-corrected chi connectivity index (χ3v) is 3.28. The van der Waals surface area contributed by atoms with Crippen LogP contribution in [0.4, 0.5) is 10.1 Å². The van der Waals surface area contributed by atoms with Crippen LogP contribution >= 0.6 is 0 Å². The van der Waals surface area contributed by atoms with Crippen molar-refractivity contribution < 1.29 is 34.3 Å². The molecule has 10 nitrogen and oxygen atoms in total. The first-order valence-corrected chi connectivity index (χ1v) is 6.55. The zero-order valence-electron chi connectivity index (χ0n) is 12.0. The fourth-order valence-corrected chi connectivity index (χ4v) is 2.05. The average molecular weight is 349 g/mol. The second kappa shape index (κ2) is 5.63. The van der Waals surface area contributed by atoms with Gasteiger partial charge in [0.05, 0.1) is 16.1 Å². The summed E-state index contributed by atoms with van der Waals surface area (Å²) in [5.74, 6) is -5.08. The normalized spacial score (nSPS) is 10.8. The summed E-state index contributed by atoms with van der Waals surface area (Å²) < 4.78 is 18.1. The van der Waals surface area contributed by atoms with E-state index in [0.717, 1.165) is 24.3 Å². The number of nitro groups is 1. The van der Waals surface area contributed by atoms with E-state index in [0.29, 0.717) is 0 Å². The van der Waals surface area contributed by atoms with Crippen LogP contribution in [0.2, 0.25) is 0 Å². The molecule has 0 unspecified atom stereocenters.